The van der Waals surface area contributed by atoms with Crippen LogP contribution in [0.25, 0.3) is 22.3 Å². The first kappa shape index (κ1) is 20.3. The second kappa shape index (κ2) is 10.2. The molecule has 0 aliphatic rings. The number of rotatable bonds is 9. The van der Waals surface area contributed by atoms with E-state index >= 15 is 0 Å². The molecule has 0 unspecified atom stereocenters. The minimum Gasteiger partial charge on any atom is -0.203 e. The van der Waals surface area contributed by atoms with E-state index in [0.717, 1.165) is 24.0 Å². The molecule has 0 bridgehead atoms. The molecule has 3 aromatic rings. The second-order valence-corrected chi connectivity index (χ2v) is 7.36. The van der Waals surface area contributed by atoms with Gasteiger partial charge in [0.05, 0.1) is 0 Å². The molecule has 0 aromatic heterocycles. The molecule has 0 nitrogen and oxygen atoms in total. The van der Waals surface area contributed by atoms with Crippen molar-refractivity contribution in [2.75, 3.05) is 0 Å². The van der Waals surface area contributed by atoms with Crippen LogP contribution in [0.1, 0.15) is 51.0 Å². The number of benzene rings is 3. The van der Waals surface area contributed by atoms with E-state index in [-0.39, 0.29) is 0 Å². The van der Waals surface area contributed by atoms with Crippen LogP contribution in [-0.4, -0.2) is 0 Å². The zero-order valence-corrected chi connectivity index (χ0v) is 16.6. The van der Waals surface area contributed by atoms with Crippen LogP contribution in [0.3, 0.4) is 0 Å². The van der Waals surface area contributed by atoms with Crippen LogP contribution < -0.4 is 0 Å². The van der Waals surface area contributed by atoms with Crippen LogP contribution in [0.15, 0.2) is 66.7 Å². The van der Waals surface area contributed by atoms with Crippen molar-refractivity contribution < 1.29 is 8.78 Å². The number of halogens is 2. The first-order valence-electron chi connectivity index (χ1n) is 10.3. The van der Waals surface area contributed by atoms with E-state index in [0.29, 0.717) is 23.1 Å². The van der Waals surface area contributed by atoms with Crippen molar-refractivity contribution >= 4 is 0 Å². The lowest BCUT2D eigenvalue weighted by atomic mass is 9.97. The zero-order valence-electron chi connectivity index (χ0n) is 16.6. The Morgan fingerprint density at radius 2 is 1.18 bits per heavy atom. The number of unbranched alkanes of at least 4 members (excludes halogenated alkanes) is 5. The van der Waals surface area contributed by atoms with Gasteiger partial charge in [0.25, 0.3) is 0 Å². The first-order valence-corrected chi connectivity index (χ1v) is 10.3. The number of hydrogen-bond donors (Lipinski definition) is 0. The Morgan fingerprint density at radius 1 is 0.571 bits per heavy atom. The molecule has 0 aliphatic carbocycles. The molecule has 0 saturated heterocycles. The Hall–Kier alpha value is -2.48. The maximum absolute atomic E-state index is 14.7. The minimum absolute atomic E-state index is 0.323. The highest BCUT2D eigenvalue weighted by Gasteiger charge is 2.14. The normalized spacial score (nSPS) is 11.0. The van der Waals surface area contributed by atoms with Gasteiger partial charge < -0.3 is 0 Å². The number of hydrogen-bond acceptors (Lipinski definition) is 0. The fourth-order valence-corrected chi connectivity index (χ4v) is 3.57. The van der Waals surface area contributed by atoms with Gasteiger partial charge in [0.1, 0.15) is 0 Å². The van der Waals surface area contributed by atoms with Gasteiger partial charge in [0, 0.05) is 5.56 Å². The van der Waals surface area contributed by atoms with Crippen LogP contribution in [-0.2, 0) is 6.42 Å². The molecule has 0 fully saturated rings. The molecule has 2 heteroatoms. The van der Waals surface area contributed by atoms with Gasteiger partial charge in [-0.3, -0.25) is 0 Å². The maximum atomic E-state index is 14.7. The highest BCUT2D eigenvalue weighted by molar-refractivity contribution is 5.71. The monoisotopic (exact) mass is 378 g/mol. The van der Waals surface area contributed by atoms with Gasteiger partial charge in [-0.05, 0) is 35.1 Å². The lowest BCUT2D eigenvalue weighted by molar-refractivity contribution is 0.497. The molecule has 0 heterocycles. The Bertz CT molecular complexity index is 867. The van der Waals surface area contributed by atoms with Crippen LogP contribution >= 0.6 is 0 Å². The van der Waals surface area contributed by atoms with Crippen LogP contribution in [0.2, 0.25) is 0 Å². The Labute approximate surface area is 167 Å². The molecule has 0 amide bonds. The smallest absolute Gasteiger partial charge is 0.166 e. The summed E-state index contributed by atoms with van der Waals surface area (Å²) in [5.74, 6) is -1.44. The van der Waals surface area contributed by atoms with Crippen molar-refractivity contribution in [3.8, 4) is 22.3 Å². The van der Waals surface area contributed by atoms with Crippen molar-refractivity contribution in [3.63, 3.8) is 0 Å². The summed E-state index contributed by atoms with van der Waals surface area (Å²) in [5, 5.41) is 0. The third-order valence-electron chi connectivity index (χ3n) is 5.26. The molecular weight excluding hydrogens is 350 g/mol. The van der Waals surface area contributed by atoms with Crippen molar-refractivity contribution in [1.29, 1.82) is 0 Å². The second-order valence-electron chi connectivity index (χ2n) is 7.36. The quantitative estimate of drug-likeness (QED) is 0.329. The van der Waals surface area contributed by atoms with E-state index in [1.54, 1.807) is 12.1 Å². The molecule has 0 saturated carbocycles. The molecule has 146 valence electrons. The van der Waals surface area contributed by atoms with Crippen molar-refractivity contribution in [2.24, 2.45) is 0 Å². The van der Waals surface area contributed by atoms with Crippen LogP contribution in [0.5, 0.6) is 0 Å². The van der Waals surface area contributed by atoms with E-state index < -0.39 is 11.6 Å². The van der Waals surface area contributed by atoms with Gasteiger partial charge in [0.15, 0.2) is 11.6 Å². The molecule has 3 aromatic carbocycles. The summed E-state index contributed by atoms with van der Waals surface area (Å²) in [6.45, 7) is 2.19. The van der Waals surface area contributed by atoms with Gasteiger partial charge >= 0.3 is 0 Å². The van der Waals surface area contributed by atoms with E-state index in [1.165, 1.54) is 25.7 Å². The van der Waals surface area contributed by atoms with E-state index in [2.05, 4.69) is 6.92 Å². The molecule has 0 aliphatic heterocycles. The van der Waals surface area contributed by atoms with Gasteiger partial charge in [-0.2, -0.15) is 0 Å². The fourth-order valence-electron chi connectivity index (χ4n) is 3.57. The molecule has 0 atom stereocenters. The van der Waals surface area contributed by atoms with Gasteiger partial charge in [0.2, 0.25) is 0 Å². The van der Waals surface area contributed by atoms with E-state index in [1.807, 2.05) is 54.6 Å². The van der Waals surface area contributed by atoms with Crippen molar-refractivity contribution in [3.05, 3.63) is 83.9 Å². The fraction of sp³-hybridized carbons (Fsp3) is 0.308. The molecule has 3 rings (SSSR count). The molecule has 0 radical (unpaired) electrons. The largest absolute Gasteiger partial charge is 0.203 e. The summed E-state index contributed by atoms with van der Waals surface area (Å²) < 4.78 is 29.2. The zero-order chi connectivity index (χ0) is 19.8. The van der Waals surface area contributed by atoms with Crippen LogP contribution in [0, 0.1) is 11.6 Å². The summed E-state index contributed by atoms with van der Waals surface area (Å²) in [5.41, 5.74) is 3.67. The Balaban J connectivity index is 1.68. The lowest BCUT2D eigenvalue weighted by Crippen LogP contribution is -1.98. The number of aryl methyl sites for hydroxylation is 1. The standard InChI is InChI=1S/C26H28F2/c1-2-3-4-5-6-8-13-23-18-19-24(26(28)25(23)27)22-16-14-21(15-17-22)20-11-9-7-10-12-20/h7,9-12,14-19H,2-6,8,13H2,1H3. The molecule has 28 heavy (non-hydrogen) atoms. The lowest BCUT2D eigenvalue weighted by Gasteiger charge is -2.10. The molecular formula is C26H28F2. The van der Waals surface area contributed by atoms with Gasteiger partial charge in [-0.25, -0.2) is 8.78 Å². The summed E-state index contributed by atoms with van der Waals surface area (Å²) in [6.07, 6.45) is 7.44. The highest BCUT2D eigenvalue weighted by atomic mass is 19.2. The third kappa shape index (κ3) is 5.07. The Morgan fingerprint density at radius 3 is 1.89 bits per heavy atom. The summed E-state index contributed by atoms with van der Waals surface area (Å²) in [7, 11) is 0. The Kier molecular flexibility index (Phi) is 7.36. The minimum atomic E-state index is -0.740. The molecule has 0 N–H and O–H groups in total. The van der Waals surface area contributed by atoms with E-state index in [9.17, 15) is 8.78 Å². The van der Waals surface area contributed by atoms with Crippen LogP contribution in [0.4, 0.5) is 8.78 Å². The average Bonchev–Trinajstić information content (AvgIpc) is 2.74. The maximum Gasteiger partial charge on any atom is 0.166 e. The van der Waals surface area contributed by atoms with Gasteiger partial charge in [-0.15, -0.1) is 0 Å². The van der Waals surface area contributed by atoms with Gasteiger partial charge in [-0.1, -0.05) is 106 Å². The average molecular weight is 379 g/mol. The van der Waals surface area contributed by atoms with E-state index in [4.69, 9.17) is 0 Å². The predicted octanol–water partition coefficient (Wildman–Crippen LogP) is 8.20. The first-order chi connectivity index (χ1) is 13.7. The summed E-state index contributed by atoms with van der Waals surface area (Å²) in [4.78, 5) is 0. The van der Waals surface area contributed by atoms with Crippen molar-refractivity contribution in [2.45, 2.75) is 51.9 Å². The molecule has 0 spiro atoms. The summed E-state index contributed by atoms with van der Waals surface area (Å²) >= 11 is 0. The SMILES string of the molecule is CCCCCCCCc1ccc(-c2ccc(-c3ccccc3)cc2)c(F)c1F. The summed E-state index contributed by atoms with van der Waals surface area (Å²) in [6, 6.07) is 21.1. The topological polar surface area (TPSA) is 0 Å². The third-order valence-corrected chi connectivity index (χ3v) is 5.26. The predicted molar refractivity (Wildman–Crippen MR) is 114 cm³/mol. The van der Waals surface area contributed by atoms with Crippen molar-refractivity contribution in [1.82, 2.24) is 0 Å². The highest BCUT2D eigenvalue weighted by Crippen LogP contribution is 2.29.